The molecule has 0 saturated heterocycles. The van der Waals surface area contributed by atoms with Crippen molar-refractivity contribution in [2.75, 3.05) is 59.7 Å². The van der Waals surface area contributed by atoms with E-state index in [0.717, 1.165) is 55.0 Å². The molecule has 5 atom stereocenters. The second-order valence-corrected chi connectivity index (χ2v) is 26.4. The molecular formula is C76H100F4N24O17. The van der Waals surface area contributed by atoms with Crippen molar-refractivity contribution < 1.29 is 98.0 Å². The highest BCUT2D eigenvalue weighted by Crippen LogP contribution is 2.16. The standard InChI is InChI=1S/2C16H19FN4O4.C15H19FN6O2.C15H25N3O5.C14H18FN7O2/c17-15-11(4-3-8-19-15)16(23)20-12(5-1-2-7-18)13(22)10-24-14-6-9-25-21-14;17-14-5-4-11(9-19-14)16(23)20-12(3-1-2-7-18)13(22)10-24-15-6-8-25-21-15;16-14-5-4-11(9-18-14)15(24)21-12(3-1-2-6-17)13(23)10-22-19-7-8-20-22;1-15(2,21-3)14(20)17-11(6-4-5-8-16)12(19)10-22-13-7-9-23-18-13;15-13-10(4-3-7-17-13)14(24)20-11(5-1-2-6-16)12(23)8-22-19-9-18-21-22/h3-4,6,8-9,12H,1-2,5,7,10,18H2,(H,20,23);4-6,8-9,12H,1-3,7,10,18H2,(H,20,23);4-5,7-9,12H,1-3,6,10,17H2,(H,21,24);7,9,11H,4-6,8,10,16H2,1-3H3,(H,17,20);3-4,7,9,11H,1-2,5-6,8,16H2,(H,20,24)/t3*12-;2*11-/m00000/s1. The minimum absolute atomic E-state index is 0.0394. The number of tetrazole rings is 1. The number of Topliss-reactive ketones (excluding diaryl/α,β-unsaturated/α-hetero) is 5. The van der Waals surface area contributed by atoms with Crippen molar-refractivity contribution in [2.24, 2.45) is 28.7 Å². The Morgan fingerprint density at radius 3 is 1.07 bits per heavy atom. The molecule has 5 amide bonds. The normalized spacial score (nSPS) is 12.0. The van der Waals surface area contributed by atoms with Crippen LogP contribution in [0.1, 0.15) is 152 Å². The number of nitrogens with one attached hydrogen (secondary N) is 5. The molecule has 9 heterocycles. The van der Waals surface area contributed by atoms with E-state index in [1.807, 2.05) is 0 Å². The van der Waals surface area contributed by atoms with Gasteiger partial charge in [0.1, 0.15) is 37.5 Å². The lowest BCUT2D eigenvalue weighted by Crippen LogP contribution is -2.51. The number of hydrogen-bond donors (Lipinski definition) is 10. The van der Waals surface area contributed by atoms with Crippen LogP contribution in [0.5, 0.6) is 17.6 Å². The fourth-order valence-corrected chi connectivity index (χ4v) is 10.2. The number of carbonyl (C=O) groups excluding carboxylic acids is 10. The Morgan fingerprint density at radius 2 is 0.769 bits per heavy atom. The number of ketones is 5. The van der Waals surface area contributed by atoms with Gasteiger partial charge in [0.25, 0.3) is 47.2 Å². The van der Waals surface area contributed by atoms with Crippen molar-refractivity contribution in [3.8, 4) is 17.6 Å². The summed E-state index contributed by atoms with van der Waals surface area (Å²) in [6.07, 6.45) is 22.0. The molecule has 15 N–H and O–H groups in total. The largest absolute Gasteiger partial charge is 0.467 e. The van der Waals surface area contributed by atoms with Gasteiger partial charge in [0.2, 0.25) is 23.8 Å². The third kappa shape index (κ3) is 37.7. The Hall–Kier alpha value is -13.0. The number of nitrogens with zero attached hydrogens (tertiary/aromatic N) is 14. The molecule has 9 rings (SSSR count). The predicted octanol–water partition coefficient (Wildman–Crippen LogP) is 2.84. The molecular weight excluding hydrogens is 1600 g/mol. The quantitative estimate of drug-likeness (QED) is 0.0149. The van der Waals surface area contributed by atoms with Crippen LogP contribution in [0.25, 0.3) is 0 Å². The van der Waals surface area contributed by atoms with E-state index in [9.17, 15) is 65.5 Å². The Bertz CT molecular complexity index is 4510. The lowest BCUT2D eigenvalue weighted by Gasteiger charge is -2.25. The molecule has 0 unspecified atom stereocenters. The van der Waals surface area contributed by atoms with Crippen LogP contribution >= 0.6 is 0 Å². The van der Waals surface area contributed by atoms with Crippen LogP contribution < -0.4 is 69.5 Å². The second kappa shape index (κ2) is 55.7. The molecule has 0 aliphatic carbocycles. The van der Waals surface area contributed by atoms with Gasteiger partial charge in [-0.2, -0.15) is 37.4 Å². The fraction of sp³-hybridized carbons (Fsp3) is 0.447. The summed E-state index contributed by atoms with van der Waals surface area (Å²) in [5, 5.41) is 42.4. The Labute approximate surface area is 691 Å². The number of amides is 5. The monoisotopic (exact) mass is 1700 g/mol. The smallest absolute Gasteiger partial charge is 0.256 e. The Balaban J connectivity index is 0.000000269. The SMILES string of the molecule is COC(C)(C)C(=O)N[C@@H](CCCCN)C(=O)COc1ccon1.NCCCC[C@H](NC(=O)c1ccc(F)nc1)C(=O)COc1ccon1.NCCCC[C@H](NC(=O)c1ccc(F)nc1)C(=O)Cn1nccn1.NCCCC[C@H](NC(=O)c1cccnc1F)C(=O)COc1ccon1.NCCCC[C@H](NC(=O)c1cccnc1F)C(=O)Cn1ncnn1. The zero-order valence-corrected chi connectivity index (χ0v) is 66.8. The summed E-state index contributed by atoms with van der Waals surface area (Å²) < 4.78 is 87.5. The van der Waals surface area contributed by atoms with Gasteiger partial charge in [0.15, 0.2) is 55.1 Å². The molecule has 0 aliphatic rings. The van der Waals surface area contributed by atoms with Crippen molar-refractivity contribution in [1.82, 2.24) is 97.2 Å². The van der Waals surface area contributed by atoms with E-state index in [-0.39, 0.29) is 108 Å². The van der Waals surface area contributed by atoms with E-state index in [4.69, 9.17) is 47.6 Å². The number of hydrogen-bond acceptors (Lipinski definition) is 34. The maximum Gasteiger partial charge on any atom is 0.256 e. The molecule has 9 aromatic rings. The van der Waals surface area contributed by atoms with E-state index in [1.54, 1.807) is 13.8 Å². The Kier molecular flexibility index (Phi) is 45.3. The summed E-state index contributed by atoms with van der Waals surface area (Å²) in [4.78, 5) is 139. The van der Waals surface area contributed by atoms with Crippen LogP contribution in [0.4, 0.5) is 17.6 Å². The average Bonchev–Trinajstić information content (AvgIpc) is 1.31. The van der Waals surface area contributed by atoms with Crippen molar-refractivity contribution in [3.63, 3.8) is 0 Å². The highest BCUT2D eigenvalue weighted by molar-refractivity contribution is 6.00. The molecule has 121 heavy (non-hydrogen) atoms. The van der Waals surface area contributed by atoms with Crippen molar-refractivity contribution in [3.05, 3.63) is 175 Å². The number of ether oxygens (including phenoxy) is 4. The zero-order chi connectivity index (χ0) is 88.2. The van der Waals surface area contributed by atoms with Gasteiger partial charge in [-0.05, 0) is 212 Å². The highest BCUT2D eigenvalue weighted by Gasteiger charge is 2.32. The van der Waals surface area contributed by atoms with Gasteiger partial charge in [-0.3, -0.25) is 47.9 Å². The van der Waals surface area contributed by atoms with E-state index in [0.29, 0.717) is 103 Å². The number of unbranched alkanes of at least 4 members (excludes halogenated alkanes) is 5. The molecule has 0 radical (unpaired) electrons. The topological polar surface area (TPSA) is 602 Å². The molecule has 0 saturated carbocycles. The average molecular weight is 1700 g/mol. The highest BCUT2D eigenvalue weighted by atomic mass is 19.1. The van der Waals surface area contributed by atoms with Crippen molar-refractivity contribution >= 4 is 58.5 Å². The van der Waals surface area contributed by atoms with Crippen LogP contribution in [0.3, 0.4) is 0 Å². The minimum Gasteiger partial charge on any atom is -0.467 e. The number of pyridine rings is 4. The van der Waals surface area contributed by atoms with Crippen LogP contribution in [0.2, 0.25) is 0 Å². The predicted molar refractivity (Wildman–Crippen MR) is 418 cm³/mol. The van der Waals surface area contributed by atoms with Gasteiger partial charge in [0.05, 0.1) is 64.9 Å². The third-order valence-corrected chi connectivity index (χ3v) is 17.0. The summed E-state index contributed by atoms with van der Waals surface area (Å²) in [6, 6.07) is 11.0. The van der Waals surface area contributed by atoms with E-state index in [2.05, 4.69) is 101 Å². The lowest BCUT2D eigenvalue weighted by atomic mass is 10.0. The van der Waals surface area contributed by atoms with Crippen LogP contribution in [0.15, 0.2) is 143 Å². The number of methoxy groups -OCH3 is 1. The van der Waals surface area contributed by atoms with Gasteiger partial charge in [-0.15, -0.1) is 10.2 Å². The number of nitrogens with two attached hydrogens (primary N) is 5. The summed E-state index contributed by atoms with van der Waals surface area (Å²) in [5.41, 5.74) is 26.2. The maximum atomic E-state index is 13.6. The summed E-state index contributed by atoms with van der Waals surface area (Å²) >= 11 is 0. The Morgan fingerprint density at radius 1 is 0.421 bits per heavy atom. The molecule has 0 spiro atoms. The molecule has 0 fully saturated rings. The molecule has 41 nitrogen and oxygen atoms in total. The molecule has 9 aromatic heterocycles. The zero-order valence-electron chi connectivity index (χ0n) is 66.8. The number of aromatic nitrogens is 14. The van der Waals surface area contributed by atoms with Crippen molar-refractivity contribution in [1.29, 1.82) is 0 Å². The summed E-state index contributed by atoms with van der Waals surface area (Å²) in [7, 11) is 1.44. The van der Waals surface area contributed by atoms with Gasteiger partial charge in [0, 0.05) is 50.1 Å². The minimum atomic E-state index is -1.01. The van der Waals surface area contributed by atoms with Gasteiger partial charge in [-0.1, -0.05) is 0 Å². The van der Waals surface area contributed by atoms with E-state index >= 15 is 0 Å². The summed E-state index contributed by atoms with van der Waals surface area (Å²) in [5.74, 6) is -6.77. The maximum absolute atomic E-state index is 13.6. The summed E-state index contributed by atoms with van der Waals surface area (Å²) in [6.45, 7) is 4.83. The molecule has 0 bridgehead atoms. The molecule has 45 heteroatoms. The lowest BCUT2D eigenvalue weighted by molar-refractivity contribution is -0.142. The molecule has 0 aromatic carbocycles. The first-order chi connectivity index (χ1) is 58.3. The fourth-order valence-electron chi connectivity index (χ4n) is 10.2. The molecule has 654 valence electrons. The number of halogens is 4. The van der Waals surface area contributed by atoms with E-state index in [1.165, 1.54) is 116 Å². The number of rotatable bonds is 49. The van der Waals surface area contributed by atoms with Crippen molar-refractivity contribution in [2.45, 2.75) is 159 Å². The van der Waals surface area contributed by atoms with Crippen LogP contribution in [-0.4, -0.2) is 225 Å². The van der Waals surface area contributed by atoms with Gasteiger partial charge < -0.3 is 87.8 Å². The number of carbonyl (C=O) groups is 10. The molecule has 0 aliphatic heterocycles. The first-order valence-electron chi connectivity index (χ1n) is 38.2. The van der Waals surface area contributed by atoms with Crippen LogP contribution in [-0.2, 0) is 46.6 Å². The third-order valence-electron chi connectivity index (χ3n) is 17.0. The van der Waals surface area contributed by atoms with E-state index < -0.39 is 83.2 Å². The second-order valence-electron chi connectivity index (χ2n) is 26.4. The van der Waals surface area contributed by atoms with Gasteiger partial charge in [-0.25, -0.2) is 19.9 Å². The van der Waals surface area contributed by atoms with Crippen LogP contribution in [0, 0.1) is 23.8 Å². The van der Waals surface area contributed by atoms with Gasteiger partial charge >= 0.3 is 0 Å². The first kappa shape index (κ1) is 98.6. The first-order valence-corrected chi connectivity index (χ1v) is 38.2.